The van der Waals surface area contributed by atoms with Gasteiger partial charge in [-0.3, -0.25) is 4.79 Å². The Bertz CT molecular complexity index is 673. The van der Waals surface area contributed by atoms with Gasteiger partial charge in [0.1, 0.15) is 6.10 Å². The molecule has 1 unspecified atom stereocenters. The third-order valence-corrected chi connectivity index (χ3v) is 4.51. The first kappa shape index (κ1) is 15.1. The average molecular weight is 300 g/mol. The molecule has 0 spiro atoms. The number of aromatic amines is 1. The number of aliphatic hydroxyl groups excluding tert-OH is 1. The zero-order valence-electron chi connectivity index (χ0n) is 13.1. The van der Waals surface area contributed by atoms with Crippen LogP contribution in [0.25, 0.3) is 10.9 Å². The molecule has 0 fully saturated rings. The Balaban J connectivity index is 1.85. The molecule has 1 heterocycles. The van der Waals surface area contributed by atoms with Crippen molar-refractivity contribution in [2.45, 2.75) is 58.1 Å². The number of amides is 1. The average Bonchev–Trinajstić information content (AvgIpc) is 2.80. The molecule has 4 nitrogen and oxygen atoms in total. The molecule has 3 N–H and O–H groups in total. The molecule has 0 aliphatic heterocycles. The SMILES string of the molecule is CC(O)C(=O)NCc1ccc2[nH]c3c(c2c1)CCCCCC3. The first-order chi connectivity index (χ1) is 10.6. The Hall–Kier alpha value is -1.81. The van der Waals surface area contributed by atoms with Gasteiger partial charge in [0.15, 0.2) is 0 Å². The molecule has 1 aliphatic rings. The third kappa shape index (κ3) is 3.17. The fourth-order valence-electron chi connectivity index (χ4n) is 3.25. The molecule has 0 bridgehead atoms. The minimum atomic E-state index is -0.962. The summed E-state index contributed by atoms with van der Waals surface area (Å²) in [4.78, 5) is 15.0. The van der Waals surface area contributed by atoms with Crippen LogP contribution in [0, 0.1) is 0 Å². The predicted octanol–water partition coefficient (Wildman–Crippen LogP) is 2.82. The van der Waals surface area contributed by atoms with Crippen LogP contribution < -0.4 is 5.32 Å². The first-order valence-corrected chi connectivity index (χ1v) is 8.23. The van der Waals surface area contributed by atoms with E-state index in [1.54, 1.807) is 0 Å². The maximum absolute atomic E-state index is 11.5. The molecule has 0 saturated heterocycles. The van der Waals surface area contributed by atoms with Gasteiger partial charge in [0, 0.05) is 23.1 Å². The Morgan fingerprint density at radius 3 is 2.82 bits per heavy atom. The zero-order valence-corrected chi connectivity index (χ0v) is 13.1. The van der Waals surface area contributed by atoms with Crippen molar-refractivity contribution >= 4 is 16.8 Å². The lowest BCUT2D eigenvalue weighted by Gasteiger charge is -2.10. The Morgan fingerprint density at radius 1 is 1.27 bits per heavy atom. The van der Waals surface area contributed by atoms with E-state index < -0.39 is 6.10 Å². The lowest BCUT2D eigenvalue weighted by molar-refractivity contribution is -0.128. The number of nitrogens with one attached hydrogen (secondary N) is 2. The lowest BCUT2D eigenvalue weighted by Crippen LogP contribution is -2.31. The second kappa shape index (κ2) is 6.53. The van der Waals surface area contributed by atoms with Crippen LogP contribution in [0.5, 0.6) is 0 Å². The van der Waals surface area contributed by atoms with Crippen molar-refractivity contribution in [3.63, 3.8) is 0 Å². The highest BCUT2D eigenvalue weighted by Gasteiger charge is 2.14. The van der Waals surface area contributed by atoms with E-state index in [9.17, 15) is 9.90 Å². The Kier molecular flexibility index (Phi) is 4.48. The van der Waals surface area contributed by atoms with Gasteiger partial charge in [-0.25, -0.2) is 0 Å². The summed E-state index contributed by atoms with van der Waals surface area (Å²) in [6.45, 7) is 1.94. The summed E-state index contributed by atoms with van der Waals surface area (Å²) in [7, 11) is 0. The smallest absolute Gasteiger partial charge is 0.248 e. The van der Waals surface area contributed by atoms with Crippen LogP contribution in [-0.2, 0) is 24.2 Å². The normalized spacial score (nSPS) is 16.6. The van der Waals surface area contributed by atoms with Crippen molar-refractivity contribution < 1.29 is 9.90 Å². The number of aryl methyl sites for hydroxylation is 2. The van der Waals surface area contributed by atoms with Gasteiger partial charge in [-0.2, -0.15) is 0 Å². The van der Waals surface area contributed by atoms with Crippen LogP contribution in [0.4, 0.5) is 0 Å². The van der Waals surface area contributed by atoms with Gasteiger partial charge in [0.25, 0.3) is 0 Å². The number of carbonyl (C=O) groups is 1. The molecule has 1 aromatic heterocycles. The van der Waals surface area contributed by atoms with Crippen molar-refractivity contribution in [3.05, 3.63) is 35.0 Å². The van der Waals surface area contributed by atoms with E-state index in [4.69, 9.17) is 0 Å². The number of H-pyrrole nitrogens is 1. The highest BCUT2D eigenvalue weighted by molar-refractivity contribution is 5.86. The summed E-state index contributed by atoms with van der Waals surface area (Å²) in [5.41, 5.74) is 5.11. The third-order valence-electron chi connectivity index (χ3n) is 4.51. The van der Waals surface area contributed by atoms with Crippen LogP contribution in [0.2, 0.25) is 0 Å². The van der Waals surface area contributed by atoms with Gasteiger partial charge in [-0.05, 0) is 55.9 Å². The first-order valence-electron chi connectivity index (χ1n) is 8.23. The molecule has 0 saturated carbocycles. The van der Waals surface area contributed by atoms with E-state index >= 15 is 0 Å². The summed E-state index contributed by atoms with van der Waals surface area (Å²) in [6.07, 6.45) is 6.47. The minimum absolute atomic E-state index is 0.329. The molecule has 1 aromatic carbocycles. The second-order valence-corrected chi connectivity index (χ2v) is 6.27. The highest BCUT2D eigenvalue weighted by Crippen LogP contribution is 2.28. The quantitative estimate of drug-likeness (QED) is 0.816. The number of rotatable bonds is 3. The molecule has 1 atom stereocenters. The maximum atomic E-state index is 11.5. The number of fused-ring (bicyclic) bond motifs is 3. The van der Waals surface area contributed by atoms with Gasteiger partial charge in [0.2, 0.25) is 5.91 Å². The fraction of sp³-hybridized carbons (Fsp3) is 0.500. The van der Waals surface area contributed by atoms with Crippen molar-refractivity contribution in [3.8, 4) is 0 Å². The van der Waals surface area contributed by atoms with Crippen molar-refractivity contribution in [2.75, 3.05) is 0 Å². The molecule has 118 valence electrons. The van der Waals surface area contributed by atoms with Gasteiger partial charge in [0.05, 0.1) is 0 Å². The molecule has 3 rings (SSSR count). The topological polar surface area (TPSA) is 65.1 Å². The maximum Gasteiger partial charge on any atom is 0.248 e. The fourth-order valence-corrected chi connectivity index (χ4v) is 3.25. The Morgan fingerprint density at radius 2 is 2.05 bits per heavy atom. The van der Waals surface area contributed by atoms with Crippen molar-refractivity contribution in [1.82, 2.24) is 10.3 Å². The van der Waals surface area contributed by atoms with Crippen LogP contribution in [0.1, 0.15) is 49.4 Å². The number of aliphatic hydroxyl groups is 1. The largest absolute Gasteiger partial charge is 0.384 e. The van der Waals surface area contributed by atoms with E-state index in [0.717, 1.165) is 18.4 Å². The number of aromatic nitrogens is 1. The molecule has 2 aromatic rings. The molecule has 22 heavy (non-hydrogen) atoms. The summed E-state index contributed by atoms with van der Waals surface area (Å²) >= 11 is 0. The zero-order chi connectivity index (χ0) is 15.5. The van der Waals surface area contributed by atoms with Gasteiger partial charge in [-0.1, -0.05) is 18.9 Å². The van der Waals surface area contributed by atoms with Crippen LogP contribution in [0.3, 0.4) is 0 Å². The molecule has 1 aliphatic carbocycles. The monoisotopic (exact) mass is 300 g/mol. The number of hydrogen-bond acceptors (Lipinski definition) is 2. The van der Waals surface area contributed by atoms with E-state index in [0.29, 0.717) is 6.54 Å². The van der Waals surface area contributed by atoms with Crippen LogP contribution >= 0.6 is 0 Å². The van der Waals surface area contributed by atoms with Gasteiger partial charge in [-0.15, -0.1) is 0 Å². The van der Waals surface area contributed by atoms with E-state index in [1.165, 1.54) is 54.8 Å². The van der Waals surface area contributed by atoms with Crippen LogP contribution in [0.15, 0.2) is 18.2 Å². The highest BCUT2D eigenvalue weighted by atomic mass is 16.3. The van der Waals surface area contributed by atoms with Gasteiger partial charge >= 0.3 is 0 Å². The standard InChI is InChI=1S/C18H24N2O2/c1-12(21)18(22)19-11-13-8-9-17-15(10-13)14-6-4-2-3-5-7-16(14)20-17/h8-10,12,20-21H,2-7,11H2,1H3,(H,19,22). The molecular formula is C18H24N2O2. The van der Waals surface area contributed by atoms with E-state index in [2.05, 4.69) is 22.4 Å². The molecular weight excluding hydrogens is 276 g/mol. The predicted molar refractivity (Wildman–Crippen MR) is 87.7 cm³/mol. The number of hydrogen-bond donors (Lipinski definition) is 3. The summed E-state index contributed by atoms with van der Waals surface area (Å²) in [6, 6.07) is 6.31. The lowest BCUT2D eigenvalue weighted by atomic mass is 9.96. The van der Waals surface area contributed by atoms with Gasteiger partial charge < -0.3 is 15.4 Å². The summed E-state index contributed by atoms with van der Waals surface area (Å²) in [5.74, 6) is -0.329. The molecule has 0 radical (unpaired) electrons. The number of benzene rings is 1. The molecule has 4 heteroatoms. The number of carbonyl (C=O) groups excluding carboxylic acids is 1. The minimum Gasteiger partial charge on any atom is -0.384 e. The van der Waals surface area contributed by atoms with Crippen molar-refractivity contribution in [2.24, 2.45) is 0 Å². The van der Waals surface area contributed by atoms with E-state index in [-0.39, 0.29) is 5.91 Å². The van der Waals surface area contributed by atoms with Crippen molar-refractivity contribution in [1.29, 1.82) is 0 Å². The Labute approximate surface area is 130 Å². The van der Waals surface area contributed by atoms with E-state index in [1.807, 2.05) is 6.07 Å². The van der Waals surface area contributed by atoms with Crippen LogP contribution in [-0.4, -0.2) is 22.1 Å². The molecule has 1 amide bonds. The second-order valence-electron chi connectivity index (χ2n) is 6.27. The summed E-state index contributed by atoms with van der Waals surface area (Å²) in [5, 5.41) is 13.3. The summed E-state index contributed by atoms with van der Waals surface area (Å²) < 4.78 is 0.